The van der Waals surface area contributed by atoms with Crippen molar-refractivity contribution in [3.05, 3.63) is 42.0 Å². The number of fused-ring (bicyclic) bond motifs is 4. The molecule has 1 saturated carbocycles. The Bertz CT molecular complexity index is 591. The van der Waals surface area contributed by atoms with Crippen LogP contribution in [-0.2, 0) is 6.42 Å². The van der Waals surface area contributed by atoms with Crippen molar-refractivity contribution in [3.8, 4) is 5.75 Å². The van der Waals surface area contributed by atoms with Gasteiger partial charge in [-0.15, -0.1) is 5.75 Å². The molecule has 4 unspecified atom stereocenters. The normalized spacial score (nSPS) is 36.7. The summed E-state index contributed by atoms with van der Waals surface area (Å²) in [6, 6.07) is 6.49. The first-order chi connectivity index (χ1) is 10.6. The summed E-state index contributed by atoms with van der Waals surface area (Å²) in [5.74, 6) is 2.41. The van der Waals surface area contributed by atoms with Crippen molar-refractivity contribution in [1.29, 1.82) is 0 Å². The summed E-state index contributed by atoms with van der Waals surface area (Å²) in [5.41, 5.74) is 2.80. The molecule has 0 spiro atoms. The van der Waals surface area contributed by atoms with Crippen molar-refractivity contribution in [1.82, 2.24) is 0 Å². The molecule has 2 nitrogen and oxygen atoms in total. The maximum atomic E-state index is 11.8. The van der Waals surface area contributed by atoms with E-state index in [9.17, 15) is 5.11 Å². The minimum Gasteiger partial charge on any atom is -0.872 e. The molecule has 1 aromatic rings. The van der Waals surface area contributed by atoms with Crippen molar-refractivity contribution in [3.63, 3.8) is 0 Å². The molecule has 22 heavy (non-hydrogen) atoms. The highest BCUT2D eigenvalue weighted by atomic mass is 16.3. The van der Waals surface area contributed by atoms with Gasteiger partial charge in [0.2, 0.25) is 0 Å². The average Bonchev–Trinajstić information content (AvgIpc) is 3.28. The molecule has 4 rings (SSSR count). The standard InChI is InChI=1S/C20H27NO/c1-3-9-21(13-15-4-5-15)10-8-18-14(2)20(21)11-16-6-7-17(22)12-19(16)18/h3,6-7,12,14-15,18,20H,1,4-5,8-11,13H2,2H3. The van der Waals surface area contributed by atoms with Gasteiger partial charge in [-0.05, 0) is 36.0 Å². The molecule has 1 heterocycles. The Kier molecular flexibility index (Phi) is 3.34. The van der Waals surface area contributed by atoms with Gasteiger partial charge in [-0.1, -0.05) is 31.7 Å². The van der Waals surface area contributed by atoms with E-state index in [1.165, 1.54) is 48.0 Å². The van der Waals surface area contributed by atoms with Crippen LogP contribution in [0.2, 0.25) is 0 Å². The Morgan fingerprint density at radius 3 is 2.86 bits per heavy atom. The van der Waals surface area contributed by atoms with E-state index < -0.39 is 0 Å². The number of piperidine rings is 1. The zero-order valence-electron chi connectivity index (χ0n) is 13.6. The molecule has 2 aliphatic carbocycles. The van der Waals surface area contributed by atoms with Crippen LogP contribution in [0.3, 0.4) is 0 Å². The van der Waals surface area contributed by atoms with Gasteiger partial charge in [-0.3, -0.25) is 0 Å². The zero-order chi connectivity index (χ0) is 15.3. The van der Waals surface area contributed by atoms with Gasteiger partial charge in [0.1, 0.15) is 0 Å². The predicted octanol–water partition coefficient (Wildman–Crippen LogP) is 3.22. The Hall–Kier alpha value is -1.28. The van der Waals surface area contributed by atoms with Crippen LogP contribution in [0, 0.1) is 11.8 Å². The molecule has 2 fully saturated rings. The van der Waals surface area contributed by atoms with Gasteiger partial charge < -0.3 is 9.59 Å². The number of likely N-dealkylation sites (tertiary alicyclic amines) is 1. The molecule has 118 valence electrons. The van der Waals surface area contributed by atoms with Crippen LogP contribution in [0.1, 0.15) is 43.2 Å². The largest absolute Gasteiger partial charge is 0.872 e. The summed E-state index contributed by atoms with van der Waals surface area (Å²) in [7, 11) is 0. The molecule has 3 aliphatic rings. The van der Waals surface area contributed by atoms with E-state index in [1.54, 1.807) is 6.07 Å². The van der Waals surface area contributed by atoms with Crippen LogP contribution >= 0.6 is 0 Å². The van der Waals surface area contributed by atoms with Crippen LogP contribution in [-0.4, -0.2) is 30.2 Å². The first-order valence-electron chi connectivity index (χ1n) is 8.89. The molecular weight excluding hydrogens is 270 g/mol. The third kappa shape index (κ3) is 2.20. The Labute approximate surface area is 134 Å². The van der Waals surface area contributed by atoms with Crippen molar-refractivity contribution in [2.75, 3.05) is 19.6 Å². The van der Waals surface area contributed by atoms with E-state index in [1.807, 2.05) is 6.07 Å². The van der Waals surface area contributed by atoms with Crippen LogP contribution in [0.4, 0.5) is 0 Å². The van der Waals surface area contributed by atoms with Gasteiger partial charge >= 0.3 is 0 Å². The average molecular weight is 297 g/mol. The lowest BCUT2D eigenvalue weighted by Crippen LogP contribution is -2.65. The minimum absolute atomic E-state index is 0.180. The maximum Gasteiger partial charge on any atom is 0.0973 e. The highest BCUT2D eigenvalue weighted by Crippen LogP contribution is 2.49. The topological polar surface area (TPSA) is 23.1 Å². The molecule has 0 N–H and O–H groups in total. The van der Waals surface area contributed by atoms with Crippen LogP contribution < -0.4 is 5.11 Å². The fraction of sp³-hybridized carbons (Fsp3) is 0.600. The summed E-state index contributed by atoms with van der Waals surface area (Å²) in [6.07, 6.45) is 7.38. The maximum absolute atomic E-state index is 11.8. The van der Waals surface area contributed by atoms with Crippen molar-refractivity contribution in [2.45, 2.75) is 44.6 Å². The van der Waals surface area contributed by atoms with Crippen molar-refractivity contribution < 1.29 is 9.59 Å². The molecule has 2 bridgehead atoms. The van der Waals surface area contributed by atoms with Crippen LogP contribution in [0.15, 0.2) is 30.9 Å². The van der Waals surface area contributed by atoms with Gasteiger partial charge in [0.05, 0.1) is 25.7 Å². The number of hydrogen-bond donors (Lipinski definition) is 0. The molecule has 0 radical (unpaired) electrons. The lowest BCUT2D eigenvalue weighted by Gasteiger charge is -2.55. The van der Waals surface area contributed by atoms with E-state index in [-0.39, 0.29) is 5.75 Å². The van der Waals surface area contributed by atoms with Gasteiger partial charge in [0.15, 0.2) is 0 Å². The summed E-state index contributed by atoms with van der Waals surface area (Å²) < 4.78 is 1.25. The molecule has 0 amide bonds. The number of benzene rings is 1. The first kappa shape index (κ1) is 14.3. The fourth-order valence-corrected chi connectivity index (χ4v) is 5.34. The lowest BCUT2D eigenvalue weighted by molar-refractivity contribution is -0.957. The third-order valence-corrected chi connectivity index (χ3v) is 6.59. The fourth-order valence-electron chi connectivity index (χ4n) is 5.34. The summed E-state index contributed by atoms with van der Waals surface area (Å²) in [6.45, 7) is 10.2. The van der Waals surface area contributed by atoms with Gasteiger partial charge in [0.25, 0.3) is 0 Å². The monoisotopic (exact) mass is 297 g/mol. The van der Waals surface area contributed by atoms with E-state index in [4.69, 9.17) is 0 Å². The van der Waals surface area contributed by atoms with E-state index in [0.29, 0.717) is 17.9 Å². The number of hydrogen-bond acceptors (Lipinski definition) is 1. The number of nitrogens with zero attached hydrogens (tertiary/aromatic N) is 1. The zero-order valence-corrected chi connectivity index (χ0v) is 13.6. The summed E-state index contributed by atoms with van der Waals surface area (Å²) in [4.78, 5) is 0. The second kappa shape index (κ2) is 5.13. The Morgan fingerprint density at radius 2 is 2.14 bits per heavy atom. The van der Waals surface area contributed by atoms with Crippen LogP contribution in [0.25, 0.3) is 0 Å². The molecule has 1 saturated heterocycles. The highest BCUT2D eigenvalue weighted by Gasteiger charge is 2.51. The number of quaternary nitrogens is 1. The third-order valence-electron chi connectivity index (χ3n) is 6.59. The molecule has 1 aromatic carbocycles. The molecular formula is C20H27NO. The van der Waals surface area contributed by atoms with Gasteiger partial charge in [0, 0.05) is 24.7 Å². The van der Waals surface area contributed by atoms with E-state index >= 15 is 0 Å². The second-order valence-corrected chi connectivity index (χ2v) is 7.93. The minimum atomic E-state index is 0.180. The SMILES string of the molecule is C=CC[N+]1(CC2CC2)CCC2c3cc([O-])ccc3CC1C2C. The quantitative estimate of drug-likeness (QED) is 0.618. The molecule has 2 heteroatoms. The van der Waals surface area contributed by atoms with Gasteiger partial charge in [-0.2, -0.15) is 0 Å². The Morgan fingerprint density at radius 1 is 1.32 bits per heavy atom. The van der Waals surface area contributed by atoms with E-state index in [0.717, 1.165) is 18.9 Å². The highest BCUT2D eigenvalue weighted by molar-refractivity contribution is 5.40. The van der Waals surface area contributed by atoms with Crippen molar-refractivity contribution >= 4 is 0 Å². The predicted molar refractivity (Wildman–Crippen MR) is 87.7 cm³/mol. The van der Waals surface area contributed by atoms with Crippen LogP contribution in [0.5, 0.6) is 5.75 Å². The smallest absolute Gasteiger partial charge is 0.0973 e. The second-order valence-electron chi connectivity index (χ2n) is 7.93. The molecule has 4 atom stereocenters. The Balaban J connectivity index is 1.72. The molecule has 1 aliphatic heterocycles. The lowest BCUT2D eigenvalue weighted by atomic mass is 9.67. The van der Waals surface area contributed by atoms with Crippen molar-refractivity contribution in [2.24, 2.45) is 11.8 Å². The summed E-state index contributed by atoms with van der Waals surface area (Å²) in [5, 5.41) is 11.8. The first-order valence-corrected chi connectivity index (χ1v) is 8.89. The summed E-state index contributed by atoms with van der Waals surface area (Å²) >= 11 is 0. The molecule has 0 aromatic heterocycles. The van der Waals surface area contributed by atoms with E-state index in [2.05, 4.69) is 25.6 Å². The van der Waals surface area contributed by atoms with Gasteiger partial charge in [-0.25, -0.2) is 0 Å². The number of rotatable bonds is 4.